The van der Waals surface area contributed by atoms with Crippen molar-refractivity contribution in [1.29, 1.82) is 0 Å². The fourth-order valence-electron chi connectivity index (χ4n) is 0.911. The molecule has 0 amide bonds. The second-order valence-corrected chi connectivity index (χ2v) is 2.91. The Balaban J connectivity index is 2.89. The molecule has 2 heteroatoms. The number of aromatic hydroxyl groups is 1. The minimum atomic E-state index is 0.326. The van der Waals surface area contributed by atoms with Crippen LogP contribution in [0.1, 0.15) is 11.1 Å². The molecule has 1 rings (SSSR count). The number of alkyl halides is 1. The maximum Gasteiger partial charge on any atom is 0.119 e. The van der Waals surface area contributed by atoms with Crippen LogP contribution in [0.3, 0.4) is 0 Å². The highest BCUT2D eigenvalue weighted by Gasteiger charge is 1.94. The molecule has 64 valence electrons. The van der Waals surface area contributed by atoms with Gasteiger partial charge in [0, 0.05) is 5.88 Å². The minimum Gasteiger partial charge on any atom is -0.508 e. The first-order valence-electron chi connectivity index (χ1n) is 3.76. The van der Waals surface area contributed by atoms with E-state index in [1.807, 2.05) is 31.2 Å². The third kappa shape index (κ3) is 2.28. The second-order valence-electron chi connectivity index (χ2n) is 2.60. The summed E-state index contributed by atoms with van der Waals surface area (Å²) in [5.41, 5.74) is 1.86. The lowest BCUT2D eigenvalue weighted by molar-refractivity contribution is 0.471. The largest absolute Gasteiger partial charge is 0.508 e. The van der Waals surface area contributed by atoms with Crippen LogP contribution in [-0.4, -0.2) is 11.0 Å². The Morgan fingerprint density at radius 3 is 2.83 bits per heavy atom. The Morgan fingerprint density at radius 1 is 1.50 bits per heavy atom. The summed E-state index contributed by atoms with van der Waals surface area (Å²) in [5.74, 6) is 0.820. The molecular weight excluding hydrogens is 172 g/mol. The summed E-state index contributed by atoms with van der Waals surface area (Å²) in [6.45, 7) is 1.87. The van der Waals surface area contributed by atoms with Gasteiger partial charge in [0.2, 0.25) is 0 Å². The molecule has 0 unspecified atom stereocenters. The standard InChI is InChI=1S/C10H11ClO/c1-8-4-5-9(3-2-6-11)7-10(8)12/h2-5,7,12H,6H2,1H3. The van der Waals surface area contributed by atoms with Gasteiger partial charge in [-0.15, -0.1) is 11.6 Å². The number of aryl methyl sites for hydroxylation is 1. The number of halogens is 1. The topological polar surface area (TPSA) is 20.2 Å². The second kappa shape index (κ2) is 4.17. The van der Waals surface area contributed by atoms with Gasteiger partial charge in [0.1, 0.15) is 5.75 Å². The van der Waals surface area contributed by atoms with Crippen LogP contribution in [-0.2, 0) is 0 Å². The van der Waals surface area contributed by atoms with Gasteiger partial charge >= 0.3 is 0 Å². The molecule has 1 N–H and O–H groups in total. The van der Waals surface area contributed by atoms with Gasteiger partial charge < -0.3 is 5.11 Å². The number of benzene rings is 1. The van der Waals surface area contributed by atoms with E-state index >= 15 is 0 Å². The van der Waals surface area contributed by atoms with Gasteiger partial charge in [-0.1, -0.05) is 24.3 Å². The predicted molar refractivity (Wildman–Crippen MR) is 52.6 cm³/mol. The van der Waals surface area contributed by atoms with Gasteiger partial charge in [-0.25, -0.2) is 0 Å². The van der Waals surface area contributed by atoms with E-state index in [0.29, 0.717) is 11.6 Å². The Kier molecular flexibility index (Phi) is 3.18. The Hall–Kier alpha value is -0.950. The number of hydrogen-bond acceptors (Lipinski definition) is 1. The molecule has 12 heavy (non-hydrogen) atoms. The molecule has 1 nitrogen and oxygen atoms in total. The first-order valence-corrected chi connectivity index (χ1v) is 4.29. The molecule has 0 fully saturated rings. The average Bonchev–Trinajstić information content (AvgIpc) is 2.07. The fraction of sp³-hybridized carbons (Fsp3) is 0.200. The van der Waals surface area contributed by atoms with Crippen molar-refractivity contribution < 1.29 is 5.11 Å². The van der Waals surface area contributed by atoms with E-state index in [4.69, 9.17) is 11.6 Å². The number of rotatable bonds is 2. The van der Waals surface area contributed by atoms with Crippen molar-refractivity contribution in [2.75, 3.05) is 5.88 Å². The molecule has 0 aliphatic rings. The highest BCUT2D eigenvalue weighted by molar-refractivity contribution is 6.19. The Labute approximate surface area is 77.3 Å². The van der Waals surface area contributed by atoms with E-state index in [-0.39, 0.29) is 0 Å². The molecule has 0 saturated heterocycles. The van der Waals surface area contributed by atoms with Gasteiger partial charge in [-0.2, -0.15) is 0 Å². The van der Waals surface area contributed by atoms with Crippen LogP contribution in [0.25, 0.3) is 6.08 Å². The van der Waals surface area contributed by atoms with Crippen molar-refractivity contribution >= 4 is 17.7 Å². The minimum absolute atomic E-state index is 0.326. The summed E-state index contributed by atoms with van der Waals surface area (Å²) in [6, 6.07) is 5.54. The van der Waals surface area contributed by atoms with Crippen LogP contribution in [0.2, 0.25) is 0 Å². The van der Waals surface area contributed by atoms with Crippen LogP contribution in [0.5, 0.6) is 5.75 Å². The smallest absolute Gasteiger partial charge is 0.119 e. The number of phenols is 1. The van der Waals surface area contributed by atoms with Gasteiger partial charge in [0.25, 0.3) is 0 Å². The summed E-state index contributed by atoms with van der Waals surface area (Å²) in [7, 11) is 0. The fourth-order valence-corrected chi connectivity index (χ4v) is 1.000. The lowest BCUT2D eigenvalue weighted by Crippen LogP contribution is -1.76. The quantitative estimate of drug-likeness (QED) is 0.698. The molecular formula is C10H11ClO. The molecule has 1 aromatic rings. The van der Waals surface area contributed by atoms with Gasteiger partial charge in [0.05, 0.1) is 0 Å². The van der Waals surface area contributed by atoms with Crippen LogP contribution < -0.4 is 0 Å². The highest BCUT2D eigenvalue weighted by Crippen LogP contribution is 2.18. The van der Waals surface area contributed by atoms with Crippen LogP contribution in [0.15, 0.2) is 24.3 Å². The zero-order valence-corrected chi connectivity index (χ0v) is 7.67. The normalized spacial score (nSPS) is 10.8. The van der Waals surface area contributed by atoms with Gasteiger partial charge in [-0.05, 0) is 24.1 Å². The molecule has 0 aromatic heterocycles. The zero-order valence-electron chi connectivity index (χ0n) is 6.92. The Morgan fingerprint density at radius 2 is 2.25 bits per heavy atom. The third-order valence-electron chi connectivity index (χ3n) is 1.63. The van der Waals surface area contributed by atoms with E-state index in [1.165, 1.54) is 0 Å². The van der Waals surface area contributed by atoms with Crippen molar-refractivity contribution in [3.8, 4) is 5.75 Å². The molecule has 0 aliphatic carbocycles. The number of hydrogen-bond donors (Lipinski definition) is 1. The molecule has 0 bridgehead atoms. The first-order chi connectivity index (χ1) is 5.74. The SMILES string of the molecule is Cc1ccc(C=CCCl)cc1O. The summed E-state index contributed by atoms with van der Waals surface area (Å²) >= 11 is 5.47. The lowest BCUT2D eigenvalue weighted by atomic mass is 10.1. The monoisotopic (exact) mass is 182 g/mol. The predicted octanol–water partition coefficient (Wildman–Crippen LogP) is 2.95. The summed E-state index contributed by atoms with van der Waals surface area (Å²) < 4.78 is 0. The third-order valence-corrected chi connectivity index (χ3v) is 1.81. The van der Waals surface area contributed by atoms with Crippen molar-refractivity contribution in [3.05, 3.63) is 35.4 Å². The molecule has 1 aromatic carbocycles. The number of phenolic OH excluding ortho intramolecular Hbond substituents is 1. The van der Waals surface area contributed by atoms with Crippen LogP contribution in [0.4, 0.5) is 0 Å². The van der Waals surface area contributed by atoms with Crippen molar-refractivity contribution in [2.24, 2.45) is 0 Å². The molecule has 0 heterocycles. The van der Waals surface area contributed by atoms with E-state index in [0.717, 1.165) is 11.1 Å². The van der Waals surface area contributed by atoms with Crippen molar-refractivity contribution in [2.45, 2.75) is 6.92 Å². The van der Waals surface area contributed by atoms with E-state index < -0.39 is 0 Å². The van der Waals surface area contributed by atoms with Crippen LogP contribution in [0, 0.1) is 6.92 Å². The lowest BCUT2D eigenvalue weighted by Gasteiger charge is -1.98. The zero-order chi connectivity index (χ0) is 8.97. The summed E-state index contributed by atoms with van der Waals surface area (Å²) in [4.78, 5) is 0. The molecule has 0 saturated carbocycles. The van der Waals surface area contributed by atoms with E-state index in [1.54, 1.807) is 6.07 Å². The van der Waals surface area contributed by atoms with Gasteiger partial charge in [-0.3, -0.25) is 0 Å². The van der Waals surface area contributed by atoms with E-state index in [9.17, 15) is 5.11 Å². The van der Waals surface area contributed by atoms with Crippen LogP contribution >= 0.6 is 11.6 Å². The first kappa shape index (κ1) is 9.14. The van der Waals surface area contributed by atoms with Crippen molar-refractivity contribution in [1.82, 2.24) is 0 Å². The summed E-state index contributed by atoms with van der Waals surface area (Å²) in [5, 5.41) is 9.33. The number of allylic oxidation sites excluding steroid dienone is 1. The molecule has 0 spiro atoms. The molecule has 0 aliphatic heterocycles. The Bertz CT molecular complexity index is 292. The molecule has 0 radical (unpaired) electrons. The van der Waals surface area contributed by atoms with E-state index in [2.05, 4.69) is 0 Å². The van der Waals surface area contributed by atoms with Gasteiger partial charge in [0.15, 0.2) is 0 Å². The maximum absolute atomic E-state index is 9.33. The maximum atomic E-state index is 9.33. The highest BCUT2D eigenvalue weighted by atomic mass is 35.5. The average molecular weight is 183 g/mol. The summed E-state index contributed by atoms with van der Waals surface area (Å²) in [6.07, 6.45) is 3.72. The van der Waals surface area contributed by atoms with Crippen molar-refractivity contribution in [3.63, 3.8) is 0 Å². The molecule has 0 atom stereocenters.